The van der Waals surface area contributed by atoms with E-state index in [0.29, 0.717) is 5.92 Å². The first kappa shape index (κ1) is 11.6. The Kier molecular flexibility index (Phi) is 3.94. The maximum Gasteiger partial charge on any atom is 0.188 e. The van der Waals surface area contributed by atoms with Crippen LogP contribution in [-0.2, 0) is 0 Å². The SMILES string of the molecule is OC(=S)c1ccc(C2CCCCCC2)cc1. The Bertz CT molecular complexity index is 348. The normalized spacial score (nSPS) is 18.0. The first-order valence-electron chi connectivity index (χ1n) is 6.10. The summed E-state index contributed by atoms with van der Waals surface area (Å²) in [6.07, 6.45) is 8.09. The molecule has 1 aliphatic carbocycles. The summed E-state index contributed by atoms with van der Waals surface area (Å²) in [5.41, 5.74) is 2.16. The molecule has 2 heteroatoms. The Morgan fingerprint density at radius 1 is 1.00 bits per heavy atom. The van der Waals surface area contributed by atoms with E-state index < -0.39 is 0 Å². The summed E-state index contributed by atoms with van der Waals surface area (Å²) in [5.74, 6) is 0.712. The van der Waals surface area contributed by atoms with Gasteiger partial charge in [-0.15, -0.1) is 0 Å². The Labute approximate surface area is 102 Å². The fourth-order valence-electron chi connectivity index (χ4n) is 2.51. The van der Waals surface area contributed by atoms with Crippen LogP contribution in [0.3, 0.4) is 0 Å². The van der Waals surface area contributed by atoms with E-state index in [-0.39, 0.29) is 5.05 Å². The van der Waals surface area contributed by atoms with Gasteiger partial charge in [-0.1, -0.05) is 49.9 Å². The second-order valence-corrected chi connectivity index (χ2v) is 5.00. The molecular weight excluding hydrogens is 216 g/mol. The van der Waals surface area contributed by atoms with Crippen molar-refractivity contribution >= 4 is 17.3 Å². The van der Waals surface area contributed by atoms with Crippen LogP contribution in [0.1, 0.15) is 55.6 Å². The molecule has 1 N–H and O–H groups in total. The third kappa shape index (κ3) is 2.82. The lowest BCUT2D eigenvalue weighted by Crippen LogP contribution is -1.99. The van der Waals surface area contributed by atoms with Crippen molar-refractivity contribution in [3.63, 3.8) is 0 Å². The maximum absolute atomic E-state index is 9.20. The van der Waals surface area contributed by atoms with Crippen molar-refractivity contribution in [2.24, 2.45) is 0 Å². The Morgan fingerprint density at radius 2 is 1.56 bits per heavy atom. The smallest absolute Gasteiger partial charge is 0.188 e. The standard InChI is InChI=1S/C14H18OS/c15-14(16)13-9-7-12(8-10-13)11-5-3-1-2-4-6-11/h7-11H,1-6H2,(H,15,16). The second kappa shape index (κ2) is 5.44. The van der Waals surface area contributed by atoms with E-state index in [2.05, 4.69) is 12.1 Å². The molecule has 0 amide bonds. The van der Waals surface area contributed by atoms with Gasteiger partial charge in [-0.05, 0) is 36.5 Å². The van der Waals surface area contributed by atoms with E-state index in [1.54, 1.807) is 0 Å². The minimum absolute atomic E-state index is 0.00702. The van der Waals surface area contributed by atoms with E-state index in [9.17, 15) is 5.11 Å². The molecule has 1 nitrogen and oxygen atoms in total. The summed E-state index contributed by atoms with van der Waals surface area (Å²) in [7, 11) is 0. The van der Waals surface area contributed by atoms with Gasteiger partial charge in [0.05, 0.1) is 0 Å². The molecule has 0 aliphatic heterocycles. The van der Waals surface area contributed by atoms with Gasteiger partial charge in [-0.2, -0.15) is 0 Å². The third-order valence-electron chi connectivity index (χ3n) is 3.48. The number of hydrogen-bond donors (Lipinski definition) is 1. The van der Waals surface area contributed by atoms with Crippen LogP contribution in [0.2, 0.25) is 0 Å². The van der Waals surface area contributed by atoms with Crippen LogP contribution in [-0.4, -0.2) is 10.2 Å². The van der Waals surface area contributed by atoms with Crippen molar-refractivity contribution in [3.05, 3.63) is 35.4 Å². The highest BCUT2D eigenvalue weighted by atomic mass is 32.1. The van der Waals surface area contributed by atoms with Crippen molar-refractivity contribution in [3.8, 4) is 0 Å². The zero-order chi connectivity index (χ0) is 11.4. The quantitative estimate of drug-likeness (QED) is 0.606. The molecule has 0 unspecified atom stereocenters. The van der Waals surface area contributed by atoms with E-state index in [4.69, 9.17) is 12.2 Å². The van der Waals surface area contributed by atoms with Gasteiger partial charge in [0.15, 0.2) is 5.05 Å². The molecule has 1 aromatic rings. The van der Waals surface area contributed by atoms with Crippen LogP contribution < -0.4 is 0 Å². The zero-order valence-electron chi connectivity index (χ0n) is 9.48. The summed E-state index contributed by atoms with van der Waals surface area (Å²) in [4.78, 5) is 0. The number of benzene rings is 1. The van der Waals surface area contributed by atoms with E-state index in [1.165, 1.54) is 44.1 Å². The highest BCUT2D eigenvalue weighted by Gasteiger charge is 2.14. The van der Waals surface area contributed by atoms with Crippen LogP contribution in [0, 0.1) is 0 Å². The molecule has 0 atom stereocenters. The molecule has 1 aromatic carbocycles. The third-order valence-corrected chi connectivity index (χ3v) is 3.72. The lowest BCUT2D eigenvalue weighted by molar-refractivity contribution is 0.570. The molecule has 0 aromatic heterocycles. The summed E-state index contributed by atoms with van der Waals surface area (Å²) in [6.45, 7) is 0. The average molecular weight is 234 g/mol. The number of aliphatic hydroxyl groups excluding tert-OH is 1. The first-order valence-corrected chi connectivity index (χ1v) is 6.51. The second-order valence-electron chi connectivity index (χ2n) is 4.62. The van der Waals surface area contributed by atoms with Crippen molar-refractivity contribution < 1.29 is 5.11 Å². The Balaban J connectivity index is 2.10. The molecule has 0 spiro atoms. The van der Waals surface area contributed by atoms with Crippen LogP contribution in [0.15, 0.2) is 24.3 Å². The summed E-state index contributed by atoms with van der Waals surface area (Å²) < 4.78 is 0. The Morgan fingerprint density at radius 3 is 2.06 bits per heavy atom. The van der Waals surface area contributed by atoms with E-state index >= 15 is 0 Å². The van der Waals surface area contributed by atoms with Crippen LogP contribution >= 0.6 is 12.2 Å². The molecule has 0 heterocycles. The Hall–Kier alpha value is -0.890. The summed E-state index contributed by atoms with van der Waals surface area (Å²) in [6, 6.07) is 8.10. The first-order chi connectivity index (χ1) is 7.77. The predicted molar refractivity (Wildman–Crippen MR) is 71.2 cm³/mol. The predicted octanol–water partition coefficient (Wildman–Crippen LogP) is 4.36. The molecule has 0 radical (unpaired) electrons. The van der Waals surface area contributed by atoms with Gasteiger partial charge in [0, 0.05) is 5.56 Å². The fraction of sp³-hybridized carbons (Fsp3) is 0.500. The minimum Gasteiger partial charge on any atom is -0.499 e. The van der Waals surface area contributed by atoms with Crippen LogP contribution in [0.25, 0.3) is 0 Å². The summed E-state index contributed by atoms with van der Waals surface area (Å²) in [5, 5.41) is 9.19. The van der Waals surface area contributed by atoms with Gasteiger partial charge in [-0.25, -0.2) is 0 Å². The highest BCUT2D eigenvalue weighted by molar-refractivity contribution is 7.80. The molecule has 1 fully saturated rings. The lowest BCUT2D eigenvalue weighted by atomic mass is 9.91. The molecule has 0 saturated heterocycles. The molecule has 1 aliphatic rings. The summed E-state index contributed by atoms with van der Waals surface area (Å²) >= 11 is 4.74. The number of hydrogen-bond acceptors (Lipinski definition) is 1. The van der Waals surface area contributed by atoms with Gasteiger partial charge < -0.3 is 5.11 Å². The monoisotopic (exact) mass is 234 g/mol. The van der Waals surface area contributed by atoms with Crippen molar-refractivity contribution in [1.29, 1.82) is 0 Å². The van der Waals surface area contributed by atoms with Crippen molar-refractivity contribution in [2.45, 2.75) is 44.4 Å². The fourth-order valence-corrected chi connectivity index (χ4v) is 2.65. The topological polar surface area (TPSA) is 20.2 Å². The molecular formula is C14H18OS. The van der Waals surface area contributed by atoms with Crippen molar-refractivity contribution in [1.82, 2.24) is 0 Å². The van der Waals surface area contributed by atoms with Gasteiger partial charge in [-0.3, -0.25) is 0 Å². The lowest BCUT2D eigenvalue weighted by Gasteiger charge is -2.14. The zero-order valence-corrected chi connectivity index (χ0v) is 10.3. The van der Waals surface area contributed by atoms with Gasteiger partial charge in [0.2, 0.25) is 0 Å². The van der Waals surface area contributed by atoms with E-state index in [1.807, 2.05) is 12.1 Å². The largest absolute Gasteiger partial charge is 0.499 e. The molecule has 86 valence electrons. The van der Waals surface area contributed by atoms with Crippen LogP contribution in [0.5, 0.6) is 0 Å². The molecule has 16 heavy (non-hydrogen) atoms. The van der Waals surface area contributed by atoms with Gasteiger partial charge >= 0.3 is 0 Å². The molecule has 2 rings (SSSR count). The number of thiocarbonyl (C=S) groups is 1. The van der Waals surface area contributed by atoms with E-state index in [0.717, 1.165) is 5.56 Å². The highest BCUT2D eigenvalue weighted by Crippen LogP contribution is 2.31. The maximum atomic E-state index is 9.20. The average Bonchev–Trinajstić information content (AvgIpc) is 2.57. The molecule has 0 bridgehead atoms. The van der Waals surface area contributed by atoms with Crippen molar-refractivity contribution in [2.75, 3.05) is 0 Å². The number of rotatable bonds is 2. The van der Waals surface area contributed by atoms with Gasteiger partial charge in [0.25, 0.3) is 0 Å². The number of aliphatic hydroxyl groups is 1. The van der Waals surface area contributed by atoms with Gasteiger partial charge in [0.1, 0.15) is 0 Å². The van der Waals surface area contributed by atoms with Crippen LogP contribution in [0.4, 0.5) is 0 Å². The molecule has 1 saturated carbocycles. The minimum atomic E-state index is -0.00702.